The third kappa shape index (κ3) is 3.43. The van der Waals surface area contributed by atoms with Crippen molar-refractivity contribution in [1.29, 1.82) is 0 Å². The summed E-state index contributed by atoms with van der Waals surface area (Å²) in [6.07, 6.45) is 0. The third-order valence-corrected chi connectivity index (χ3v) is 5.13. The second-order valence-electron chi connectivity index (χ2n) is 7.01. The number of methoxy groups -OCH3 is 1. The van der Waals surface area contributed by atoms with Crippen LogP contribution < -0.4 is 15.0 Å². The average Bonchev–Trinajstić information content (AvgIpc) is 3.04. The maximum Gasteiger partial charge on any atom is 0.266 e. The number of rotatable bonds is 5. The highest BCUT2D eigenvalue weighted by Crippen LogP contribution is 2.30. The van der Waals surface area contributed by atoms with E-state index in [1.165, 1.54) is 12.1 Å². The second kappa shape index (κ2) is 7.83. The van der Waals surface area contributed by atoms with Crippen LogP contribution in [0.25, 0.3) is 0 Å². The number of anilines is 1. The molecule has 30 heavy (non-hydrogen) atoms. The van der Waals surface area contributed by atoms with Gasteiger partial charge in [0.1, 0.15) is 5.75 Å². The predicted octanol–water partition coefficient (Wildman–Crippen LogP) is 3.99. The molecular weight excluding hydrogens is 380 g/mol. The van der Waals surface area contributed by atoms with E-state index in [0.717, 1.165) is 10.5 Å². The van der Waals surface area contributed by atoms with Gasteiger partial charge in [0.2, 0.25) is 0 Å². The van der Waals surface area contributed by atoms with Crippen molar-refractivity contribution in [2.75, 3.05) is 12.0 Å². The summed E-state index contributed by atoms with van der Waals surface area (Å²) >= 11 is 0. The Labute approximate surface area is 174 Å². The van der Waals surface area contributed by atoms with Crippen LogP contribution in [0.2, 0.25) is 0 Å². The molecule has 4 rings (SSSR count). The van der Waals surface area contributed by atoms with Crippen LogP contribution in [0, 0.1) is 0 Å². The lowest BCUT2D eigenvalue weighted by atomic mass is 10.0. The lowest BCUT2D eigenvalue weighted by Crippen LogP contribution is -2.29. The molecule has 0 spiro atoms. The number of nitrogens with zero attached hydrogens (tertiary/aromatic N) is 1. The normalized spacial score (nSPS) is 13.7. The molecular formula is C24H20N2O4. The molecule has 0 fully saturated rings. The average molecular weight is 400 g/mol. The van der Waals surface area contributed by atoms with E-state index in [4.69, 9.17) is 4.74 Å². The fourth-order valence-electron chi connectivity index (χ4n) is 3.45. The van der Waals surface area contributed by atoms with E-state index in [0.29, 0.717) is 17.0 Å². The van der Waals surface area contributed by atoms with Crippen molar-refractivity contribution >= 4 is 23.4 Å². The van der Waals surface area contributed by atoms with Crippen LogP contribution >= 0.6 is 0 Å². The van der Waals surface area contributed by atoms with Gasteiger partial charge in [-0.2, -0.15) is 0 Å². The fourth-order valence-corrected chi connectivity index (χ4v) is 3.45. The Balaban J connectivity index is 1.57. The van der Waals surface area contributed by atoms with Gasteiger partial charge in [0.05, 0.1) is 30.0 Å². The van der Waals surface area contributed by atoms with Gasteiger partial charge in [-0.15, -0.1) is 0 Å². The molecule has 3 amide bonds. The molecule has 0 radical (unpaired) electrons. The SMILES string of the molecule is COc1ccc(N2C(=O)c3ccc(C(=O)NC(C)c4ccccc4)cc3C2=O)cc1. The first-order chi connectivity index (χ1) is 14.5. The minimum atomic E-state index is -0.453. The second-order valence-corrected chi connectivity index (χ2v) is 7.01. The van der Waals surface area contributed by atoms with Gasteiger partial charge in [0.15, 0.2) is 0 Å². The number of amides is 3. The number of carbonyl (C=O) groups is 3. The van der Waals surface area contributed by atoms with Gasteiger partial charge in [-0.25, -0.2) is 4.90 Å². The molecule has 3 aromatic carbocycles. The molecule has 1 heterocycles. The Morgan fingerprint density at radius 1 is 0.900 bits per heavy atom. The number of benzene rings is 3. The van der Waals surface area contributed by atoms with Gasteiger partial charge in [-0.1, -0.05) is 30.3 Å². The molecule has 0 aliphatic carbocycles. The largest absolute Gasteiger partial charge is 0.497 e. The molecule has 0 aromatic heterocycles. The zero-order valence-electron chi connectivity index (χ0n) is 16.6. The summed E-state index contributed by atoms with van der Waals surface area (Å²) in [6, 6.07) is 20.6. The van der Waals surface area contributed by atoms with Crippen LogP contribution in [-0.2, 0) is 0 Å². The highest BCUT2D eigenvalue weighted by molar-refractivity contribution is 6.34. The standard InChI is InChI=1S/C24H20N2O4/c1-15(16-6-4-3-5-7-16)25-22(27)17-8-13-20-21(14-17)24(29)26(23(20)28)18-9-11-19(30-2)12-10-18/h3-15H,1-2H3,(H,25,27). The Morgan fingerprint density at radius 3 is 2.23 bits per heavy atom. The van der Waals surface area contributed by atoms with Crippen molar-refractivity contribution in [3.63, 3.8) is 0 Å². The van der Waals surface area contributed by atoms with E-state index in [1.54, 1.807) is 37.4 Å². The molecule has 0 saturated carbocycles. The van der Waals surface area contributed by atoms with E-state index in [2.05, 4.69) is 5.32 Å². The molecule has 1 N–H and O–H groups in total. The number of imide groups is 1. The smallest absolute Gasteiger partial charge is 0.266 e. The van der Waals surface area contributed by atoms with Gasteiger partial charge in [0, 0.05) is 5.56 Å². The molecule has 1 unspecified atom stereocenters. The van der Waals surface area contributed by atoms with Gasteiger partial charge in [0.25, 0.3) is 17.7 Å². The summed E-state index contributed by atoms with van der Waals surface area (Å²) in [6.45, 7) is 1.89. The summed E-state index contributed by atoms with van der Waals surface area (Å²) < 4.78 is 5.12. The third-order valence-electron chi connectivity index (χ3n) is 5.13. The Kier molecular flexibility index (Phi) is 5.06. The molecule has 6 nitrogen and oxygen atoms in total. The van der Waals surface area contributed by atoms with Gasteiger partial charge >= 0.3 is 0 Å². The Morgan fingerprint density at radius 2 is 1.57 bits per heavy atom. The maximum absolute atomic E-state index is 12.9. The molecule has 150 valence electrons. The van der Waals surface area contributed by atoms with Crippen molar-refractivity contribution in [3.05, 3.63) is 95.1 Å². The summed E-state index contributed by atoms with van der Waals surface area (Å²) in [7, 11) is 1.54. The first-order valence-electron chi connectivity index (χ1n) is 9.52. The minimum absolute atomic E-state index is 0.194. The minimum Gasteiger partial charge on any atom is -0.497 e. The van der Waals surface area contributed by atoms with E-state index in [1.807, 2.05) is 37.3 Å². The van der Waals surface area contributed by atoms with Crippen molar-refractivity contribution < 1.29 is 19.1 Å². The first-order valence-corrected chi connectivity index (χ1v) is 9.52. The zero-order valence-corrected chi connectivity index (χ0v) is 16.6. The molecule has 3 aromatic rings. The molecule has 0 bridgehead atoms. The Hall–Kier alpha value is -3.93. The van der Waals surface area contributed by atoms with Crippen LogP contribution in [0.15, 0.2) is 72.8 Å². The van der Waals surface area contributed by atoms with E-state index >= 15 is 0 Å². The monoisotopic (exact) mass is 400 g/mol. The fraction of sp³-hybridized carbons (Fsp3) is 0.125. The summed E-state index contributed by atoms with van der Waals surface area (Å²) in [4.78, 5) is 39.5. The van der Waals surface area contributed by atoms with E-state index in [-0.39, 0.29) is 23.1 Å². The summed E-state index contributed by atoms with van der Waals surface area (Å²) in [5, 5.41) is 2.92. The van der Waals surface area contributed by atoms with Crippen LogP contribution in [0.1, 0.15) is 49.6 Å². The molecule has 1 aliphatic rings. The topological polar surface area (TPSA) is 75.7 Å². The summed E-state index contributed by atoms with van der Waals surface area (Å²) in [5.74, 6) is -0.546. The van der Waals surface area contributed by atoms with Crippen LogP contribution in [0.3, 0.4) is 0 Å². The lowest BCUT2D eigenvalue weighted by molar-refractivity contribution is 0.0922. The van der Waals surface area contributed by atoms with E-state index in [9.17, 15) is 14.4 Å². The van der Waals surface area contributed by atoms with Gasteiger partial charge in [-0.3, -0.25) is 14.4 Å². The molecule has 0 saturated heterocycles. The highest BCUT2D eigenvalue weighted by Gasteiger charge is 2.37. The van der Waals surface area contributed by atoms with Crippen LogP contribution in [0.5, 0.6) is 5.75 Å². The zero-order chi connectivity index (χ0) is 21.3. The molecule has 1 aliphatic heterocycles. The highest BCUT2D eigenvalue weighted by atomic mass is 16.5. The predicted molar refractivity (Wildman–Crippen MR) is 113 cm³/mol. The number of ether oxygens (including phenoxy) is 1. The number of hydrogen-bond donors (Lipinski definition) is 1. The van der Waals surface area contributed by atoms with Gasteiger partial charge in [-0.05, 0) is 55.0 Å². The van der Waals surface area contributed by atoms with Crippen molar-refractivity contribution in [2.24, 2.45) is 0 Å². The number of hydrogen-bond acceptors (Lipinski definition) is 4. The number of nitrogens with one attached hydrogen (secondary N) is 1. The van der Waals surface area contributed by atoms with E-state index < -0.39 is 11.8 Å². The quantitative estimate of drug-likeness (QED) is 0.657. The molecule has 6 heteroatoms. The van der Waals surface area contributed by atoms with Crippen molar-refractivity contribution in [1.82, 2.24) is 5.32 Å². The Bertz CT molecular complexity index is 1120. The number of carbonyl (C=O) groups excluding carboxylic acids is 3. The van der Waals surface area contributed by atoms with Crippen molar-refractivity contribution in [2.45, 2.75) is 13.0 Å². The van der Waals surface area contributed by atoms with Crippen LogP contribution in [0.4, 0.5) is 5.69 Å². The number of fused-ring (bicyclic) bond motifs is 1. The van der Waals surface area contributed by atoms with Crippen molar-refractivity contribution in [3.8, 4) is 5.75 Å². The first kappa shape index (κ1) is 19.4. The maximum atomic E-state index is 12.9. The summed E-state index contributed by atoms with van der Waals surface area (Å²) in [5.41, 5.74) is 2.25. The van der Waals surface area contributed by atoms with Gasteiger partial charge < -0.3 is 10.1 Å². The lowest BCUT2D eigenvalue weighted by Gasteiger charge is -2.14. The van der Waals surface area contributed by atoms with Crippen LogP contribution in [-0.4, -0.2) is 24.8 Å². The molecule has 1 atom stereocenters.